The summed E-state index contributed by atoms with van der Waals surface area (Å²) in [6.45, 7) is 4.36. The van der Waals surface area contributed by atoms with Gasteiger partial charge in [0.2, 0.25) is 5.91 Å². The maximum absolute atomic E-state index is 12.7. The Morgan fingerprint density at radius 1 is 1.29 bits per heavy atom. The number of halogens is 1. The third-order valence-electron chi connectivity index (χ3n) is 4.96. The number of rotatable bonds is 5. The normalized spacial score (nSPS) is 25.9. The van der Waals surface area contributed by atoms with Crippen molar-refractivity contribution in [3.05, 3.63) is 0 Å². The lowest BCUT2D eigenvalue weighted by atomic mass is 9.91. The van der Waals surface area contributed by atoms with Gasteiger partial charge in [0, 0.05) is 12.0 Å². The summed E-state index contributed by atoms with van der Waals surface area (Å²) in [5.41, 5.74) is 0.240. The second-order valence-corrected chi connectivity index (χ2v) is 6.37. The molecule has 6 heteroatoms. The predicted molar refractivity (Wildman–Crippen MR) is 81.3 cm³/mol. The van der Waals surface area contributed by atoms with Crippen molar-refractivity contribution in [3.63, 3.8) is 0 Å². The molecule has 1 unspecified atom stereocenters. The van der Waals surface area contributed by atoms with Crippen molar-refractivity contribution in [2.24, 2.45) is 11.3 Å². The van der Waals surface area contributed by atoms with Crippen molar-refractivity contribution in [3.8, 4) is 0 Å². The molecular weight excluding hydrogens is 292 g/mol. The van der Waals surface area contributed by atoms with Crippen molar-refractivity contribution in [1.82, 2.24) is 10.2 Å². The highest BCUT2D eigenvalue weighted by Gasteiger charge is 2.59. The van der Waals surface area contributed by atoms with Crippen LogP contribution in [0.25, 0.3) is 0 Å². The zero-order valence-corrected chi connectivity index (χ0v) is 13.4. The van der Waals surface area contributed by atoms with E-state index in [0.29, 0.717) is 6.61 Å². The number of nitrogens with zero attached hydrogens (tertiary/aromatic N) is 1. The number of hydrogen-bond donors (Lipinski definition) is 1. The van der Waals surface area contributed by atoms with Crippen LogP contribution in [0.4, 0.5) is 0 Å². The summed E-state index contributed by atoms with van der Waals surface area (Å²) in [4.78, 5) is 26.2. The molecule has 3 fully saturated rings. The minimum absolute atomic E-state index is 0. The van der Waals surface area contributed by atoms with E-state index in [0.717, 1.165) is 45.2 Å². The molecule has 1 heterocycles. The van der Waals surface area contributed by atoms with Gasteiger partial charge in [-0.2, -0.15) is 0 Å². The second kappa shape index (κ2) is 6.53. The molecule has 1 saturated heterocycles. The van der Waals surface area contributed by atoms with Crippen LogP contribution in [0.3, 0.4) is 0 Å². The van der Waals surface area contributed by atoms with Crippen LogP contribution in [0, 0.1) is 11.3 Å². The van der Waals surface area contributed by atoms with E-state index in [9.17, 15) is 9.59 Å². The number of hydrogen-bond acceptors (Lipinski definition) is 4. The Morgan fingerprint density at radius 3 is 2.52 bits per heavy atom. The lowest BCUT2D eigenvalue weighted by molar-refractivity contribution is -0.150. The lowest BCUT2D eigenvalue weighted by Gasteiger charge is -2.26. The lowest BCUT2D eigenvalue weighted by Crippen LogP contribution is -2.41. The molecular formula is C15H25ClN2O3. The molecule has 0 radical (unpaired) electrons. The molecule has 21 heavy (non-hydrogen) atoms. The van der Waals surface area contributed by atoms with Crippen molar-refractivity contribution in [2.45, 2.75) is 45.1 Å². The van der Waals surface area contributed by atoms with Crippen LogP contribution in [-0.4, -0.2) is 49.1 Å². The Kier molecular flexibility index (Phi) is 5.15. The maximum atomic E-state index is 12.7. The van der Waals surface area contributed by atoms with E-state index in [-0.39, 0.29) is 48.2 Å². The first kappa shape index (κ1) is 16.6. The maximum Gasteiger partial charge on any atom is 0.325 e. The highest BCUT2D eigenvalue weighted by Crippen LogP contribution is 2.59. The molecule has 2 saturated carbocycles. The average molecular weight is 317 g/mol. The van der Waals surface area contributed by atoms with Crippen LogP contribution in [0.5, 0.6) is 0 Å². The van der Waals surface area contributed by atoms with E-state index in [1.807, 2.05) is 0 Å². The highest BCUT2D eigenvalue weighted by atomic mass is 35.5. The molecule has 3 rings (SSSR count). The van der Waals surface area contributed by atoms with Crippen molar-refractivity contribution in [2.75, 3.05) is 26.2 Å². The van der Waals surface area contributed by atoms with Crippen molar-refractivity contribution >= 4 is 24.3 Å². The van der Waals surface area contributed by atoms with Gasteiger partial charge in [-0.15, -0.1) is 12.4 Å². The Balaban J connectivity index is 0.00000161. The third kappa shape index (κ3) is 3.51. The first-order chi connectivity index (χ1) is 9.66. The Morgan fingerprint density at radius 2 is 1.95 bits per heavy atom. The molecule has 0 aromatic heterocycles. The SMILES string of the molecule is CCOC(=O)CN(C(=O)C1CC12CCNCC2)C1CC1.Cl. The molecule has 1 atom stereocenters. The van der Waals surface area contributed by atoms with E-state index in [1.165, 1.54) is 0 Å². The molecule has 0 aromatic carbocycles. The monoisotopic (exact) mass is 316 g/mol. The minimum atomic E-state index is -0.271. The third-order valence-corrected chi connectivity index (χ3v) is 4.96. The summed E-state index contributed by atoms with van der Waals surface area (Å²) in [5, 5.41) is 3.35. The molecule has 0 bridgehead atoms. The van der Waals surface area contributed by atoms with Gasteiger partial charge in [0.1, 0.15) is 6.54 Å². The van der Waals surface area contributed by atoms with Crippen molar-refractivity contribution in [1.29, 1.82) is 0 Å². The van der Waals surface area contributed by atoms with Crippen LogP contribution < -0.4 is 5.32 Å². The molecule has 1 spiro atoms. The van der Waals surface area contributed by atoms with Gasteiger partial charge in [0.05, 0.1) is 6.61 Å². The van der Waals surface area contributed by atoms with Gasteiger partial charge in [-0.05, 0) is 57.5 Å². The average Bonchev–Trinajstić information content (AvgIpc) is 3.34. The topological polar surface area (TPSA) is 58.6 Å². The fourth-order valence-corrected chi connectivity index (χ4v) is 3.49. The van der Waals surface area contributed by atoms with Crippen LogP contribution in [0.2, 0.25) is 0 Å². The number of nitrogens with one attached hydrogen (secondary N) is 1. The van der Waals surface area contributed by atoms with Gasteiger partial charge in [-0.1, -0.05) is 0 Å². The highest BCUT2D eigenvalue weighted by molar-refractivity contribution is 5.87. The summed E-state index contributed by atoms with van der Waals surface area (Å²) in [6.07, 6.45) is 5.28. The smallest absolute Gasteiger partial charge is 0.325 e. The first-order valence-electron chi connectivity index (χ1n) is 7.83. The zero-order chi connectivity index (χ0) is 14.2. The Hall–Kier alpha value is -0.810. The van der Waals surface area contributed by atoms with Crippen LogP contribution in [-0.2, 0) is 14.3 Å². The van der Waals surface area contributed by atoms with E-state index in [4.69, 9.17) is 4.74 Å². The van der Waals surface area contributed by atoms with Gasteiger partial charge in [-0.3, -0.25) is 9.59 Å². The molecule has 3 aliphatic rings. The standard InChI is InChI=1S/C15H24N2O3.ClH/c1-2-20-13(18)10-17(11-3-4-11)14(19)12-9-15(12)5-7-16-8-6-15;/h11-12,16H,2-10H2,1H3;1H. The number of amides is 1. The molecule has 5 nitrogen and oxygen atoms in total. The molecule has 1 amide bonds. The van der Waals surface area contributed by atoms with E-state index in [1.54, 1.807) is 11.8 Å². The van der Waals surface area contributed by atoms with E-state index >= 15 is 0 Å². The first-order valence-corrected chi connectivity index (χ1v) is 7.83. The van der Waals surface area contributed by atoms with Gasteiger partial charge < -0.3 is 15.0 Å². The number of carbonyl (C=O) groups excluding carboxylic acids is 2. The second-order valence-electron chi connectivity index (χ2n) is 6.37. The number of esters is 1. The summed E-state index contributed by atoms with van der Waals surface area (Å²) in [5.74, 6) is 0.0786. The summed E-state index contributed by atoms with van der Waals surface area (Å²) >= 11 is 0. The van der Waals surface area contributed by atoms with Crippen LogP contribution in [0.15, 0.2) is 0 Å². The zero-order valence-electron chi connectivity index (χ0n) is 12.6. The van der Waals surface area contributed by atoms with Crippen LogP contribution >= 0.6 is 12.4 Å². The number of piperidine rings is 1. The van der Waals surface area contributed by atoms with Gasteiger partial charge in [0.25, 0.3) is 0 Å². The molecule has 2 aliphatic carbocycles. The van der Waals surface area contributed by atoms with Gasteiger partial charge in [0.15, 0.2) is 0 Å². The quantitative estimate of drug-likeness (QED) is 0.778. The summed E-state index contributed by atoms with van der Waals surface area (Å²) in [6, 6.07) is 0.284. The number of ether oxygens (including phenoxy) is 1. The summed E-state index contributed by atoms with van der Waals surface area (Å²) in [7, 11) is 0. The minimum Gasteiger partial charge on any atom is -0.465 e. The number of carbonyl (C=O) groups is 2. The van der Waals surface area contributed by atoms with Gasteiger partial charge >= 0.3 is 5.97 Å². The van der Waals surface area contributed by atoms with Crippen molar-refractivity contribution < 1.29 is 14.3 Å². The molecule has 1 N–H and O–H groups in total. The summed E-state index contributed by atoms with van der Waals surface area (Å²) < 4.78 is 4.99. The van der Waals surface area contributed by atoms with Crippen LogP contribution in [0.1, 0.15) is 39.0 Å². The predicted octanol–water partition coefficient (Wildman–Crippen LogP) is 1.35. The fraction of sp³-hybridized carbons (Fsp3) is 0.867. The largest absolute Gasteiger partial charge is 0.465 e. The van der Waals surface area contributed by atoms with E-state index in [2.05, 4.69) is 5.32 Å². The fourth-order valence-electron chi connectivity index (χ4n) is 3.49. The Bertz CT molecular complexity index is 406. The Labute approximate surface area is 132 Å². The molecule has 120 valence electrons. The molecule has 0 aromatic rings. The van der Waals surface area contributed by atoms with Gasteiger partial charge in [-0.25, -0.2) is 0 Å². The molecule has 1 aliphatic heterocycles. The van der Waals surface area contributed by atoms with E-state index < -0.39 is 0 Å².